The van der Waals surface area contributed by atoms with Crippen molar-refractivity contribution < 1.29 is 23.9 Å². The van der Waals surface area contributed by atoms with Gasteiger partial charge in [-0.25, -0.2) is 9.59 Å². The second-order valence-electron chi connectivity index (χ2n) is 5.29. The van der Waals surface area contributed by atoms with Crippen molar-refractivity contribution in [3.05, 3.63) is 47.5 Å². The number of halogens is 1. The molecular weight excluding hydrogens is 374 g/mol. The van der Waals surface area contributed by atoms with Gasteiger partial charge in [0.1, 0.15) is 5.82 Å². The van der Waals surface area contributed by atoms with Crippen molar-refractivity contribution in [1.29, 1.82) is 0 Å². The van der Waals surface area contributed by atoms with Crippen LogP contribution in [0.3, 0.4) is 0 Å². The van der Waals surface area contributed by atoms with Crippen LogP contribution in [0.2, 0.25) is 5.02 Å². The van der Waals surface area contributed by atoms with Crippen molar-refractivity contribution in [3.63, 3.8) is 0 Å². The zero-order valence-electron chi connectivity index (χ0n) is 14.8. The molecule has 0 atom stereocenters. The Morgan fingerprint density at radius 3 is 2.41 bits per heavy atom. The summed E-state index contributed by atoms with van der Waals surface area (Å²) in [4.78, 5) is 34.5. The monoisotopic (exact) mass is 391 g/mol. The molecule has 0 spiro atoms. The van der Waals surface area contributed by atoms with Gasteiger partial charge >= 0.3 is 11.9 Å². The smallest absolute Gasteiger partial charge is 0.331 e. The fourth-order valence-electron chi connectivity index (χ4n) is 2.04. The maximum absolute atomic E-state index is 11.9. The third-order valence-corrected chi connectivity index (χ3v) is 3.53. The van der Waals surface area contributed by atoms with Gasteiger partial charge in [-0.1, -0.05) is 23.7 Å². The van der Waals surface area contributed by atoms with Crippen LogP contribution >= 0.6 is 11.6 Å². The molecule has 0 radical (unpaired) electrons. The molecule has 2 rings (SSSR count). The van der Waals surface area contributed by atoms with Crippen LogP contribution in [0.25, 0.3) is 11.3 Å². The van der Waals surface area contributed by atoms with Crippen molar-refractivity contribution in [2.45, 2.75) is 6.92 Å². The van der Waals surface area contributed by atoms with E-state index in [0.717, 1.165) is 17.7 Å². The first-order valence-corrected chi connectivity index (χ1v) is 8.38. The number of esters is 2. The number of carbonyl (C=O) groups excluding carboxylic acids is 3. The number of aromatic nitrogens is 2. The number of hydrogen-bond acceptors (Lipinski definition) is 6. The summed E-state index contributed by atoms with van der Waals surface area (Å²) < 4.78 is 10.9. The quantitative estimate of drug-likeness (QED) is 0.574. The van der Waals surface area contributed by atoms with E-state index < -0.39 is 24.5 Å². The van der Waals surface area contributed by atoms with Gasteiger partial charge in [0, 0.05) is 35.9 Å². The Bertz CT molecular complexity index is 858. The number of ether oxygens (including phenoxy) is 2. The molecule has 1 N–H and O–H groups in total. The molecule has 1 aromatic heterocycles. The zero-order chi connectivity index (χ0) is 19.8. The zero-order valence-corrected chi connectivity index (χ0v) is 15.5. The summed E-state index contributed by atoms with van der Waals surface area (Å²) in [5, 5.41) is 7.52. The maximum atomic E-state index is 11.9. The van der Waals surface area contributed by atoms with Crippen LogP contribution in [-0.2, 0) is 30.9 Å². The van der Waals surface area contributed by atoms with Gasteiger partial charge in [-0.15, -0.1) is 0 Å². The molecule has 8 nitrogen and oxygen atoms in total. The van der Waals surface area contributed by atoms with Crippen LogP contribution < -0.4 is 5.32 Å². The van der Waals surface area contributed by atoms with E-state index in [0.29, 0.717) is 16.5 Å². The predicted molar refractivity (Wildman–Crippen MR) is 99.0 cm³/mol. The largest absolute Gasteiger partial charge is 0.463 e. The third-order valence-electron chi connectivity index (χ3n) is 3.27. The predicted octanol–water partition coefficient (Wildman–Crippen LogP) is 2.34. The highest BCUT2D eigenvalue weighted by atomic mass is 35.5. The number of nitrogens with one attached hydrogen (secondary N) is 1. The molecule has 142 valence electrons. The van der Waals surface area contributed by atoms with Gasteiger partial charge in [-0.3, -0.25) is 9.48 Å². The van der Waals surface area contributed by atoms with Crippen molar-refractivity contribution in [3.8, 4) is 11.3 Å². The summed E-state index contributed by atoms with van der Waals surface area (Å²) in [5.74, 6) is -1.60. The summed E-state index contributed by atoms with van der Waals surface area (Å²) in [7, 11) is 1.67. The van der Waals surface area contributed by atoms with Gasteiger partial charge in [0.15, 0.2) is 6.61 Å². The van der Waals surface area contributed by atoms with Crippen LogP contribution in [-0.4, -0.2) is 40.8 Å². The highest BCUT2D eigenvalue weighted by Crippen LogP contribution is 2.23. The van der Waals surface area contributed by atoms with Crippen molar-refractivity contribution in [2.24, 2.45) is 7.05 Å². The lowest BCUT2D eigenvalue weighted by Crippen LogP contribution is -2.21. The molecule has 0 saturated carbocycles. The lowest BCUT2D eigenvalue weighted by Gasteiger charge is -2.05. The minimum atomic E-state index is -0.829. The molecule has 27 heavy (non-hydrogen) atoms. The Hall–Kier alpha value is -3.13. The van der Waals surface area contributed by atoms with Crippen LogP contribution in [0.4, 0.5) is 5.82 Å². The number of nitrogens with zero attached hydrogens (tertiary/aromatic N) is 2. The van der Waals surface area contributed by atoms with E-state index in [9.17, 15) is 14.4 Å². The Morgan fingerprint density at radius 1 is 1.15 bits per heavy atom. The number of aryl methyl sites for hydroxylation is 1. The SMILES string of the molecule is CCOC(=O)/C=C/C(=O)OCC(=O)Nc1cc(-c2ccc(Cl)cc2)nn1C. The van der Waals surface area contributed by atoms with Crippen molar-refractivity contribution in [1.82, 2.24) is 9.78 Å². The van der Waals surface area contributed by atoms with Crippen LogP contribution in [0, 0.1) is 0 Å². The molecular formula is C18H18ClN3O5. The molecule has 0 aliphatic heterocycles. The van der Waals surface area contributed by atoms with Crippen LogP contribution in [0.5, 0.6) is 0 Å². The third kappa shape index (κ3) is 6.27. The molecule has 0 fully saturated rings. The van der Waals surface area contributed by atoms with E-state index in [-0.39, 0.29) is 6.61 Å². The molecule has 2 aromatic rings. The minimum Gasteiger partial charge on any atom is -0.463 e. The molecule has 0 unspecified atom stereocenters. The fraction of sp³-hybridized carbons (Fsp3) is 0.222. The van der Waals surface area contributed by atoms with Crippen molar-refractivity contribution in [2.75, 3.05) is 18.5 Å². The lowest BCUT2D eigenvalue weighted by atomic mass is 10.1. The Kier molecular flexibility index (Phi) is 7.13. The molecule has 9 heteroatoms. The summed E-state index contributed by atoms with van der Waals surface area (Å²) in [6.45, 7) is 1.34. The summed E-state index contributed by atoms with van der Waals surface area (Å²) in [5.41, 5.74) is 1.49. The van der Waals surface area contributed by atoms with Crippen LogP contribution in [0.15, 0.2) is 42.5 Å². The van der Waals surface area contributed by atoms with E-state index in [1.807, 2.05) is 12.1 Å². The maximum Gasteiger partial charge on any atom is 0.331 e. The number of hydrogen-bond donors (Lipinski definition) is 1. The van der Waals surface area contributed by atoms with Gasteiger partial charge < -0.3 is 14.8 Å². The molecule has 0 saturated heterocycles. The van der Waals surface area contributed by atoms with E-state index >= 15 is 0 Å². The van der Waals surface area contributed by atoms with Crippen LogP contribution in [0.1, 0.15) is 6.92 Å². The summed E-state index contributed by atoms with van der Waals surface area (Å²) >= 11 is 5.87. The Morgan fingerprint density at radius 2 is 1.78 bits per heavy atom. The summed E-state index contributed by atoms with van der Waals surface area (Å²) in [6, 6.07) is 8.80. The molecule has 1 amide bonds. The van der Waals surface area contributed by atoms with E-state index in [4.69, 9.17) is 16.3 Å². The molecule has 0 aliphatic carbocycles. The van der Waals surface area contributed by atoms with E-state index in [1.54, 1.807) is 32.2 Å². The first kappa shape index (κ1) is 20.2. The molecule has 1 aromatic carbocycles. The Labute approximate surface area is 160 Å². The van der Waals surface area contributed by atoms with Gasteiger partial charge in [0.2, 0.25) is 0 Å². The first-order valence-electron chi connectivity index (χ1n) is 8.00. The highest BCUT2D eigenvalue weighted by molar-refractivity contribution is 6.30. The highest BCUT2D eigenvalue weighted by Gasteiger charge is 2.12. The second kappa shape index (κ2) is 9.54. The second-order valence-corrected chi connectivity index (χ2v) is 5.72. The number of anilines is 1. The van der Waals surface area contributed by atoms with Gasteiger partial charge in [-0.05, 0) is 19.1 Å². The number of rotatable bonds is 7. The first-order chi connectivity index (χ1) is 12.9. The van der Waals surface area contributed by atoms with Crippen molar-refractivity contribution >= 4 is 35.3 Å². The molecule has 1 heterocycles. The Balaban J connectivity index is 1.89. The van der Waals surface area contributed by atoms with Gasteiger partial charge in [-0.2, -0.15) is 5.10 Å². The van der Waals surface area contributed by atoms with E-state index in [2.05, 4.69) is 15.2 Å². The molecule has 0 bridgehead atoms. The fourth-order valence-corrected chi connectivity index (χ4v) is 2.16. The standard InChI is InChI=1S/C18H18ClN3O5/c1-3-26-17(24)8-9-18(25)27-11-16(23)20-15-10-14(21-22(15)2)12-4-6-13(19)7-5-12/h4-10H,3,11H2,1-2H3,(H,20,23)/b9-8+. The van der Waals surface area contributed by atoms with E-state index in [1.165, 1.54) is 4.68 Å². The lowest BCUT2D eigenvalue weighted by molar-refractivity contribution is -0.143. The normalized spacial score (nSPS) is 10.6. The topological polar surface area (TPSA) is 99.5 Å². The number of amides is 1. The minimum absolute atomic E-state index is 0.198. The average molecular weight is 392 g/mol. The number of benzene rings is 1. The summed E-state index contributed by atoms with van der Waals surface area (Å²) in [6.07, 6.45) is 1.83. The van der Waals surface area contributed by atoms with Gasteiger partial charge in [0.05, 0.1) is 12.3 Å². The number of carbonyl (C=O) groups is 3. The molecule has 0 aliphatic rings. The van der Waals surface area contributed by atoms with Gasteiger partial charge in [0.25, 0.3) is 5.91 Å². The average Bonchev–Trinajstić information content (AvgIpc) is 2.99.